The Bertz CT molecular complexity index is 135. The molecule has 1 N–H and O–H groups in total. The van der Waals surface area contributed by atoms with Crippen LogP contribution in [-0.4, -0.2) is 38.1 Å². The van der Waals surface area contributed by atoms with E-state index in [-0.39, 0.29) is 0 Å². The van der Waals surface area contributed by atoms with Gasteiger partial charge >= 0.3 is 0 Å². The van der Waals surface area contributed by atoms with Crippen LogP contribution >= 0.6 is 0 Å². The normalized spacial score (nSPS) is 12.9. The average molecular weight is 168 g/mol. The van der Waals surface area contributed by atoms with Crippen LogP contribution in [0.5, 0.6) is 0 Å². The molecule has 0 aromatic rings. The third kappa shape index (κ3) is 6.21. The van der Waals surface area contributed by atoms with E-state index in [9.17, 15) is 0 Å². The van der Waals surface area contributed by atoms with Gasteiger partial charge in [0.2, 0.25) is 0 Å². The van der Waals surface area contributed by atoms with Crippen molar-refractivity contribution in [2.45, 2.75) is 25.8 Å². The number of hydrogen-bond donors (Lipinski definition) is 1. The summed E-state index contributed by atoms with van der Waals surface area (Å²) in [4.78, 5) is 2.18. The zero-order valence-corrected chi connectivity index (χ0v) is 8.43. The van der Waals surface area contributed by atoms with Gasteiger partial charge in [-0.15, -0.1) is 12.3 Å². The highest BCUT2D eigenvalue weighted by atomic mass is 15.1. The number of likely N-dealkylation sites (N-methyl/N-ethyl adjacent to an activating group) is 2. The first kappa shape index (κ1) is 11.5. The van der Waals surface area contributed by atoms with Gasteiger partial charge < -0.3 is 10.2 Å². The fraction of sp³-hybridized carbons (Fsp3) is 0.800. The van der Waals surface area contributed by atoms with Crippen LogP contribution < -0.4 is 5.32 Å². The molecule has 0 saturated carbocycles. The highest BCUT2D eigenvalue weighted by molar-refractivity contribution is 4.86. The van der Waals surface area contributed by atoms with Gasteiger partial charge in [-0.05, 0) is 27.1 Å². The fourth-order valence-corrected chi connectivity index (χ4v) is 1.24. The lowest BCUT2D eigenvalue weighted by atomic mass is 10.1. The van der Waals surface area contributed by atoms with Gasteiger partial charge in [0.25, 0.3) is 0 Å². The van der Waals surface area contributed by atoms with Crippen molar-refractivity contribution in [3.63, 3.8) is 0 Å². The Hall–Kier alpha value is -0.520. The van der Waals surface area contributed by atoms with Crippen molar-refractivity contribution in [3.8, 4) is 12.3 Å². The van der Waals surface area contributed by atoms with Crippen LogP contribution in [0.4, 0.5) is 0 Å². The molecular weight excluding hydrogens is 148 g/mol. The number of rotatable bonds is 6. The van der Waals surface area contributed by atoms with Crippen molar-refractivity contribution < 1.29 is 0 Å². The predicted octanol–water partition coefficient (Wildman–Crippen LogP) is 0.940. The molecule has 0 amide bonds. The molecule has 0 aromatic heterocycles. The minimum absolute atomic E-state index is 0.543. The van der Waals surface area contributed by atoms with Gasteiger partial charge in [-0.25, -0.2) is 0 Å². The average Bonchev–Trinajstić information content (AvgIpc) is 2.00. The first-order valence-electron chi connectivity index (χ1n) is 4.52. The van der Waals surface area contributed by atoms with Gasteiger partial charge in [-0.2, -0.15) is 0 Å². The van der Waals surface area contributed by atoms with Gasteiger partial charge in [0.15, 0.2) is 0 Å². The molecule has 2 heteroatoms. The third-order valence-electron chi connectivity index (χ3n) is 1.72. The number of nitrogens with one attached hydrogen (secondary N) is 1. The molecule has 0 aliphatic carbocycles. The summed E-state index contributed by atoms with van der Waals surface area (Å²) in [6.07, 6.45) is 7.15. The molecular formula is C10H20N2. The Labute approximate surface area is 76.3 Å². The monoisotopic (exact) mass is 168 g/mol. The SMILES string of the molecule is C#CCCC(CN(C)C)NCC. The van der Waals surface area contributed by atoms with Crippen LogP contribution in [0.15, 0.2) is 0 Å². The van der Waals surface area contributed by atoms with Gasteiger partial charge in [0, 0.05) is 19.0 Å². The van der Waals surface area contributed by atoms with Crippen LogP contribution in [0.25, 0.3) is 0 Å². The second kappa shape index (κ2) is 7.15. The second-order valence-electron chi connectivity index (χ2n) is 3.26. The molecule has 0 saturated heterocycles. The van der Waals surface area contributed by atoms with E-state index in [1.165, 1.54) is 0 Å². The zero-order valence-electron chi connectivity index (χ0n) is 8.43. The topological polar surface area (TPSA) is 15.3 Å². The van der Waals surface area contributed by atoms with Gasteiger partial charge in [0.05, 0.1) is 0 Å². The Morgan fingerprint density at radius 1 is 1.50 bits per heavy atom. The van der Waals surface area contributed by atoms with Crippen molar-refractivity contribution >= 4 is 0 Å². The van der Waals surface area contributed by atoms with Crippen LogP contribution in [0.3, 0.4) is 0 Å². The van der Waals surface area contributed by atoms with E-state index in [4.69, 9.17) is 6.42 Å². The summed E-state index contributed by atoms with van der Waals surface area (Å²) in [6.45, 7) is 4.21. The Balaban J connectivity index is 3.63. The van der Waals surface area contributed by atoms with Gasteiger partial charge in [-0.3, -0.25) is 0 Å². The summed E-state index contributed by atoms with van der Waals surface area (Å²) in [6, 6.07) is 0.543. The largest absolute Gasteiger partial charge is 0.313 e. The molecule has 0 heterocycles. The fourth-order valence-electron chi connectivity index (χ4n) is 1.24. The molecule has 70 valence electrons. The standard InChI is InChI=1S/C10H20N2/c1-5-7-8-10(11-6-2)9-12(3)4/h1,10-11H,6-9H2,2-4H3. The predicted molar refractivity (Wildman–Crippen MR) is 54.1 cm³/mol. The number of hydrogen-bond acceptors (Lipinski definition) is 2. The summed E-state index contributed by atoms with van der Waals surface area (Å²) >= 11 is 0. The molecule has 0 bridgehead atoms. The Morgan fingerprint density at radius 3 is 2.58 bits per heavy atom. The van der Waals surface area contributed by atoms with Crippen molar-refractivity contribution in [1.29, 1.82) is 0 Å². The molecule has 0 fully saturated rings. The van der Waals surface area contributed by atoms with E-state index in [0.29, 0.717) is 6.04 Å². The number of terminal acetylenes is 1. The van der Waals surface area contributed by atoms with Crippen LogP contribution in [-0.2, 0) is 0 Å². The van der Waals surface area contributed by atoms with E-state index in [1.807, 2.05) is 0 Å². The van der Waals surface area contributed by atoms with Crippen molar-refractivity contribution in [3.05, 3.63) is 0 Å². The molecule has 1 atom stereocenters. The maximum absolute atomic E-state index is 5.21. The lowest BCUT2D eigenvalue weighted by Gasteiger charge is -2.20. The van der Waals surface area contributed by atoms with Crippen molar-refractivity contribution in [2.24, 2.45) is 0 Å². The van der Waals surface area contributed by atoms with E-state index in [1.54, 1.807) is 0 Å². The maximum atomic E-state index is 5.21. The van der Waals surface area contributed by atoms with E-state index < -0.39 is 0 Å². The molecule has 0 aliphatic heterocycles. The molecule has 1 unspecified atom stereocenters. The summed E-state index contributed by atoms with van der Waals surface area (Å²) in [5.41, 5.74) is 0. The molecule has 0 aliphatic rings. The van der Waals surface area contributed by atoms with Crippen LogP contribution in [0.1, 0.15) is 19.8 Å². The summed E-state index contributed by atoms with van der Waals surface area (Å²) < 4.78 is 0. The first-order valence-corrected chi connectivity index (χ1v) is 4.52. The minimum Gasteiger partial charge on any atom is -0.313 e. The quantitative estimate of drug-likeness (QED) is 0.594. The lowest BCUT2D eigenvalue weighted by molar-refractivity contribution is 0.331. The summed E-state index contributed by atoms with van der Waals surface area (Å²) in [5, 5.41) is 3.41. The summed E-state index contributed by atoms with van der Waals surface area (Å²) in [7, 11) is 4.17. The Morgan fingerprint density at radius 2 is 2.17 bits per heavy atom. The zero-order chi connectivity index (χ0) is 9.40. The lowest BCUT2D eigenvalue weighted by Crippen LogP contribution is -2.37. The molecule has 12 heavy (non-hydrogen) atoms. The van der Waals surface area contributed by atoms with E-state index >= 15 is 0 Å². The summed E-state index contributed by atoms with van der Waals surface area (Å²) in [5.74, 6) is 2.67. The maximum Gasteiger partial charge on any atom is 0.0203 e. The minimum atomic E-state index is 0.543. The molecule has 0 radical (unpaired) electrons. The van der Waals surface area contributed by atoms with E-state index in [0.717, 1.165) is 25.9 Å². The highest BCUT2D eigenvalue weighted by Crippen LogP contribution is 1.97. The molecule has 2 nitrogen and oxygen atoms in total. The highest BCUT2D eigenvalue weighted by Gasteiger charge is 2.06. The van der Waals surface area contributed by atoms with Crippen molar-refractivity contribution in [2.75, 3.05) is 27.2 Å². The molecule has 0 rings (SSSR count). The van der Waals surface area contributed by atoms with Gasteiger partial charge in [0.1, 0.15) is 0 Å². The second-order valence-corrected chi connectivity index (χ2v) is 3.26. The van der Waals surface area contributed by atoms with Crippen LogP contribution in [0.2, 0.25) is 0 Å². The molecule has 0 spiro atoms. The van der Waals surface area contributed by atoms with E-state index in [2.05, 4.69) is 37.2 Å². The van der Waals surface area contributed by atoms with Gasteiger partial charge in [-0.1, -0.05) is 6.92 Å². The van der Waals surface area contributed by atoms with Crippen molar-refractivity contribution in [1.82, 2.24) is 10.2 Å². The smallest absolute Gasteiger partial charge is 0.0203 e. The van der Waals surface area contributed by atoms with Crippen LogP contribution in [0, 0.1) is 12.3 Å². The third-order valence-corrected chi connectivity index (χ3v) is 1.72. The number of nitrogens with zero attached hydrogens (tertiary/aromatic N) is 1. The first-order chi connectivity index (χ1) is 5.70. The Kier molecular flexibility index (Phi) is 6.84. The molecule has 0 aromatic carbocycles.